The number of benzene rings is 1. The molecule has 6 heteroatoms. The second-order valence-electron chi connectivity index (χ2n) is 6.55. The van der Waals surface area contributed by atoms with Crippen LogP contribution in [0.15, 0.2) is 24.3 Å². The molecule has 1 aromatic heterocycles. The summed E-state index contributed by atoms with van der Waals surface area (Å²) >= 11 is 0. The molecule has 0 radical (unpaired) electrons. The van der Waals surface area contributed by atoms with Crippen molar-refractivity contribution in [3.63, 3.8) is 0 Å². The Morgan fingerprint density at radius 1 is 1.20 bits per heavy atom. The summed E-state index contributed by atoms with van der Waals surface area (Å²) in [5.41, 5.74) is 1.44. The van der Waals surface area contributed by atoms with Crippen LogP contribution in [-0.2, 0) is 19.4 Å². The van der Waals surface area contributed by atoms with Gasteiger partial charge in [-0.1, -0.05) is 18.6 Å². The molecular formula is C19H25N5O. The molecule has 1 atom stereocenters. The lowest BCUT2D eigenvalue weighted by Gasteiger charge is -2.12. The van der Waals surface area contributed by atoms with Crippen molar-refractivity contribution in [3.05, 3.63) is 47.0 Å². The maximum absolute atomic E-state index is 10.2. The van der Waals surface area contributed by atoms with E-state index in [9.17, 15) is 5.11 Å². The molecule has 132 valence electrons. The molecule has 1 aliphatic heterocycles. The molecule has 0 bridgehead atoms. The fraction of sp³-hybridized carbons (Fsp3) is 0.526. The molecule has 25 heavy (non-hydrogen) atoms. The van der Waals surface area contributed by atoms with Crippen molar-refractivity contribution in [2.75, 3.05) is 13.1 Å². The van der Waals surface area contributed by atoms with Crippen LogP contribution in [0.2, 0.25) is 0 Å². The predicted molar refractivity (Wildman–Crippen MR) is 94.9 cm³/mol. The minimum Gasteiger partial charge on any atom is -0.387 e. The molecule has 2 aromatic rings. The highest BCUT2D eigenvalue weighted by Gasteiger charge is 2.14. The lowest BCUT2D eigenvalue weighted by molar-refractivity contribution is 0.175. The van der Waals surface area contributed by atoms with E-state index in [1.54, 1.807) is 24.3 Å². The minimum absolute atomic E-state index is 0.504. The number of hydrogen-bond donors (Lipinski definition) is 2. The Hall–Kier alpha value is -2.23. The van der Waals surface area contributed by atoms with Crippen LogP contribution in [-0.4, -0.2) is 33.0 Å². The van der Waals surface area contributed by atoms with Crippen molar-refractivity contribution in [1.29, 1.82) is 5.26 Å². The molecule has 0 saturated heterocycles. The average Bonchev–Trinajstić information content (AvgIpc) is 2.88. The summed E-state index contributed by atoms with van der Waals surface area (Å²) in [6, 6.07) is 9.15. The van der Waals surface area contributed by atoms with Gasteiger partial charge in [-0.15, -0.1) is 10.2 Å². The Kier molecular flexibility index (Phi) is 6.15. The Balaban J connectivity index is 1.40. The van der Waals surface area contributed by atoms with Crippen molar-refractivity contribution in [2.45, 2.75) is 51.2 Å². The van der Waals surface area contributed by atoms with Gasteiger partial charge in [0.05, 0.1) is 17.7 Å². The maximum atomic E-state index is 10.2. The first-order valence-electron chi connectivity index (χ1n) is 9.07. The zero-order valence-electron chi connectivity index (χ0n) is 14.5. The Morgan fingerprint density at radius 2 is 2.04 bits per heavy atom. The Morgan fingerprint density at radius 3 is 2.84 bits per heavy atom. The first-order valence-corrected chi connectivity index (χ1v) is 9.07. The number of aryl methyl sites for hydroxylation is 2. The van der Waals surface area contributed by atoms with Crippen LogP contribution in [0, 0.1) is 11.3 Å². The number of rotatable bonds is 7. The second kappa shape index (κ2) is 8.75. The molecule has 1 aliphatic rings. The quantitative estimate of drug-likeness (QED) is 0.755. The van der Waals surface area contributed by atoms with Crippen molar-refractivity contribution in [1.82, 2.24) is 20.1 Å². The SMILES string of the molecule is N#Cc1ccc(C(O)CNCCCc2nnc3n2CCCCC3)cc1. The van der Waals surface area contributed by atoms with Crippen LogP contribution in [0.4, 0.5) is 0 Å². The van der Waals surface area contributed by atoms with Crippen LogP contribution in [0.25, 0.3) is 0 Å². The number of nitrogens with zero attached hydrogens (tertiary/aromatic N) is 4. The number of nitriles is 1. The van der Waals surface area contributed by atoms with Crippen LogP contribution in [0.5, 0.6) is 0 Å². The third-order valence-electron chi connectivity index (χ3n) is 4.70. The molecule has 1 unspecified atom stereocenters. The lowest BCUT2D eigenvalue weighted by Crippen LogP contribution is -2.23. The van der Waals surface area contributed by atoms with E-state index in [1.807, 2.05) is 0 Å². The zero-order chi connectivity index (χ0) is 17.5. The third-order valence-corrected chi connectivity index (χ3v) is 4.70. The molecule has 1 aromatic carbocycles. The smallest absolute Gasteiger partial charge is 0.133 e. The highest BCUT2D eigenvalue weighted by Crippen LogP contribution is 2.15. The molecule has 0 amide bonds. The first-order chi connectivity index (χ1) is 12.3. The molecule has 2 heterocycles. The standard InChI is InChI=1S/C19H25N5O/c20-13-15-7-9-16(10-8-15)17(25)14-21-11-4-6-19-23-22-18-5-2-1-3-12-24(18)19/h7-10,17,21,25H,1-6,11-12,14H2. The van der Waals surface area contributed by atoms with Gasteiger partial charge in [-0.2, -0.15) is 5.26 Å². The van der Waals surface area contributed by atoms with E-state index in [-0.39, 0.29) is 0 Å². The fourth-order valence-electron chi connectivity index (χ4n) is 3.24. The fourth-order valence-corrected chi connectivity index (χ4v) is 3.24. The lowest BCUT2D eigenvalue weighted by atomic mass is 10.1. The number of aromatic nitrogens is 3. The van der Waals surface area contributed by atoms with E-state index in [2.05, 4.69) is 26.2 Å². The minimum atomic E-state index is -0.558. The monoisotopic (exact) mass is 339 g/mol. The number of aliphatic hydroxyl groups excluding tert-OH is 1. The molecular weight excluding hydrogens is 314 g/mol. The van der Waals surface area contributed by atoms with Crippen molar-refractivity contribution in [2.24, 2.45) is 0 Å². The van der Waals surface area contributed by atoms with E-state index in [1.165, 1.54) is 19.3 Å². The largest absolute Gasteiger partial charge is 0.387 e. The van der Waals surface area contributed by atoms with Crippen molar-refractivity contribution in [3.8, 4) is 6.07 Å². The number of hydrogen-bond acceptors (Lipinski definition) is 5. The van der Waals surface area contributed by atoms with Gasteiger partial charge >= 0.3 is 0 Å². The Labute approximate surface area is 148 Å². The van der Waals surface area contributed by atoms with Crippen LogP contribution >= 0.6 is 0 Å². The van der Waals surface area contributed by atoms with Gasteiger partial charge in [0.15, 0.2) is 0 Å². The number of aliphatic hydroxyl groups is 1. The van der Waals surface area contributed by atoms with Gasteiger partial charge < -0.3 is 15.0 Å². The molecule has 0 aliphatic carbocycles. The van der Waals surface area contributed by atoms with Gasteiger partial charge in [-0.25, -0.2) is 0 Å². The van der Waals surface area contributed by atoms with Gasteiger partial charge in [-0.3, -0.25) is 0 Å². The summed E-state index contributed by atoms with van der Waals surface area (Å²) in [6.45, 7) is 2.38. The van der Waals surface area contributed by atoms with E-state index < -0.39 is 6.10 Å². The molecule has 0 saturated carbocycles. The second-order valence-corrected chi connectivity index (χ2v) is 6.55. The van der Waals surface area contributed by atoms with Gasteiger partial charge in [0.25, 0.3) is 0 Å². The summed E-state index contributed by atoms with van der Waals surface area (Å²) in [5, 5.41) is 31.0. The zero-order valence-corrected chi connectivity index (χ0v) is 14.5. The Bertz CT molecular complexity index is 716. The predicted octanol–water partition coefficient (Wildman–Crippen LogP) is 2.13. The average molecular weight is 339 g/mol. The van der Waals surface area contributed by atoms with Gasteiger partial charge in [-0.05, 0) is 43.5 Å². The van der Waals surface area contributed by atoms with E-state index >= 15 is 0 Å². The van der Waals surface area contributed by atoms with Crippen LogP contribution in [0.3, 0.4) is 0 Å². The van der Waals surface area contributed by atoms with Crippen molar-refractivity contribution < 1.29 is 5.11 Å². The topological polar surface area (TPSA) is 86.8 Å². The first kappa shape index (κ1) is 17.6. The third kappa shape index (κ3) is 4.65. The summed E-state index contributed by atoms with van der Waals surface area (Å²) in [5.74, 6) is 2.23. The maximum Gasteiger partial charge on any atom is 0.133 e. The number of fused-ring (bicyclic) bond motifs is 1. The highest BCUT2D eigenvalue weighted by atomic mass is 16.3. The van der Waals surface area contributed by atoms with Crippen molar-refractivity contribution >= 4 is 0 Å². The highest BCUT2D eigenvalue weighted by molar-refractivity contribution is 5.32. The molecule has 6 nitrogen and oxygen atoms in total. The molecule has 0 fully saturated rings. The van der Waals surface area contributed by atoms with Gasteiger partial charge in [0.1, 0.15) is 11.6 Å². The summed E-state index contributed by atoms with van der Waals surface area (Å²) in [6.07, 6.45) is 6.07. The van der Waals surface area contributed by atoms with Crippen LogP contribution in [0.1, 0.15) is 54.6 Å². The molecule has 2 N–H and O–H groups in total. The van der Waals surface area contributed by atoms with E-state index in [4.69, 9.17) is 5.26 Å². The summed E-state index contributed by atoms with van der Waals surface area (Å²) < 4.78 is 2.29. The van der Waals surface area contributed by atoms with Crippen LogP contribution < -0.4 is 5.32 Å². The summed E-state index contributed by atoms with van der Waals surface area (Å²) in [4.78, 5) is 0. The normalized spacial score (nSPS) is 15.2. The summed E-state index contributed by atoms with van der Waals surface area (Å²) in [7, 11) is 0. The number of nitrogens with one attached hydrogen (secondary N) is 1. The van der Waals surface area contributed by atoms with Gasteiger partial charge in [0.2, 0.25) is 0 Å². The van der Waals surface area contributed by atoms with E-state index in [0.717, 1.165) is 49.6 Å². The van der Waals surface area contributed by atoms with Gasteiger partial charge in [0, 0.05) is 25.9 Å². The van der Waals surface area contributed by atoms with E-state index in [0.29, 0.717) is 12.1 Å². The molecule has 3 rings (SSSR count). The molecule has 0 spiro atoms.